The third kappa shape index (κ3) is 6.75. The molecule has 0 aliphatic rings. The van der Waals surface area contributed by atoms with Gasteiger partial charge < -0.3 is 5.32 Å². The molecule has 1 heterocycles. The van der Waals surface area contributed by atoms with Crippen LogP contribution >= 0.6 is 34.9 Å². The molecule has 2 N–H and O–H groups in total. The van der Waals surface area contributed by atoms with Crippen LogP contribution in [-0.4, -0.2) is 43.1 Å². The van der Waals surface area contributed by atoms with E-state index in [-0.39, 0.29) is 16.6 Å². The number of hydrogen-bond donors (Lipinski definition) is 2. The van der Waals surface area contributed by atoms with E-state index in [0.717, 1.165) is 27.3 Å². The number of aryl methyl sites for hydroxylation is 1. The number of sulfonamides is 1. The standard InChI is InChI=1S/C16H22N4O3S4/c1-4-5-8-24-15-19-20-16(26-15)25-10-14(21)18-12-7-6-11(2)13(9-12)27(22,23)17-3/h6-7,9,17H,4-5,8,10H2,1-3H3,(H,18,21). The number of carbonyl (C=O) groups excluding carboxylic acids is 1. The maximum Gasteiger partial charge on any atom is 0.240 e. The lowest BCUT2D eigenvalue weighted by molar-refractivity contribution is -0.113. The molecule has 0 spiro atoms. The highest BCUT2D eigenvalue weighted by atomic mass is 32.2. The van der Waals surface area contributed by atoms with Crippen molar-refractivity contribution >= 4 is 56.5 Å². The van der Waals surface area contributed by atoms with Crippen molar-refractivity contribution in [2.45, 2.75) is 40.3 Å². The number of aromatic nitrogens is 2. The van der Waals surface area contributed by atoms with Crippen LogP contribution in [0.3, 0.4) is 0 Å². The lowest BCUT2D eigenvalue weighted by Crippen LogP contribution is -2.20. The Morgan fingerprint density at radius 3 is 2.59 bits per heavy atom. The van der Waals surface area contributed by atoms with Crippen molar-refractivity contribution in [3.05, 3.63) is 23.8 Å². The van der Waals surface area contributed by atoms with Gasteiger partial charge in [0, 0.05) is 11.4 Å². The Bertz CT molecular complexity index is 884. The Labute approximate surface area is 172 Å². The van der Waals surface area contributed by atoms with Gasteiger partial charge in [-0.3, -0.25) is 4.79 Å². The Hall–Kier alpha value is -1.14. The molecular formula is C16H22N4O3S4. The molecule has 0 aliphatic carbocycles. The van der Waals surface area contributed by atoms with Crippen LogP contribution in [0.15, 0.2) is 31.8 Å². The number of unbranched alkanes of at least 4 members (excludes halogenated alkanes) is 1. The monoisotopic (exact) mass is 446 g/mol. The smallest absolute Gasteiger partial charge is 0.240 e. The molecule has 1 aromatic carbocycles. The molecule has 0 saturated heterocycles. The topological polar surface area (TPSA) is 101 Å². The van der Waals surface area contributed by atoms with Crippen molar-refractivity contribution in [2.75, 3.05) is 23.9 Å². The van der Waals surface area contributed by atoms with Gasteiger partial charge in [-0.25, -0.2) is 13.1 Å². The molecule has 0 fully saturated rings. The molecule has 2 aromatic rings. The molecule has 1 amide bonds. The van der Waals surface area contributed by atoms with E-state index in [0.29, 0.717) is 11.3 Å². The number of benzene rings is 1. The molecule has 0 bridgehead atoms. The summed E-state index contributed by atoms with van der Waals surface area (Å²) in [7, 11) is -2.22. The summed E-state index contributed by atoms with van der Waals surface area (Å²) < 4.78 is 28.0. The first-order chi connectivity index (χ1) is 12.9. The molecule has 0 unspecified atom stereocenters. The van der Waals surface area contributed by atoms with Gasteiger partial charge in [0.25, 0.3) is 0 Å². The van der Waals surface area contributed by atoms with Gasteiger partial charge in [-0.1, -0.05) is 54.3 Å². The summed E-state index contributed by atoms with van der Waals surface area (Å²) in [4.78, 5) is 12.3. The van der Waals surface area contributed by atoms with Crippen LogP contribution in [-0.2, 0) is 14.8 Å². The van der Waals surface area contributed by atoms with Crippen molar-refractivity contribution in [2.24, 2.45) is 0 Å². The summed E-state index contributed by atoms with van der Waals surface area (Å²) in [5, 5.41) is 10.9. The van der Waals surface area contributed by atoms with Crippen molar-refractivity contribution in [1.82, 2.24) is 14.9 Å². The number of rotatable bonds is 10. The second-order valence-corrected chi connectivity index (χ2v) is 11.0. The average molecular weight is 447 g/mol. The van der Waals surface area contributed by atoms with E-state index < -0.39 is 10.0 Å². The van der Waals surface area contributed by atoms with E-state index in [2.05, 4.69) is 27.2 Å². The lowest BCUT2D eigenvalue weighted by atomic mass is 10.2. The molecule has 148 valence electrons. The summed E-state index contributed by atoms with van der Waals surface area (Å²) in [6.45, 7) is 3.85. The van der Waals surface area contributed by atoms with E-state index >= 15 is 0 Å². The normalized spacial score (nSPS) is 11.5. The minimum absolute atomic E-state index is 0.147. The Morgan fingerprint density at radius 2 is 1.93 bits per heavy atom. The SMILES string of the molecule is CCCCSc1nnc(SCC(=O)Nc2ccc(C)c(S(=O)(=O)NC)c2)s1. The van der Waals surface area contributed by atoms with Gasteiger partial charge in [-0.2, -0.15) is 0 Å². The van der Waals surface area contributed by atoms with Crippen LogP contribution < -0.4 is 10.0 Å². The lowest BCUT2D eigenvalue weighted by Gasteiger charge is -2.10. The van der Waals surface area contributed by atoms with E-state index in [1.807, 2.05) is 0 Å². The highest BCUT2D eigenvalue weighted by molar-refractivity contribution is 8.03. The van der Waals surface area contributed by atoms with Crippen molar-refractivity contribution in [1.29, 1.82) is 0 Å². The van der Waals surface area contributed by atoms with Gasteiger partial charge in [0.2, 0.25) is 15.9 Å². The van der Waals surface area contributed by atoms with E-state index in [1.165, 1.54) is 36.2 Å². The number of amides is 1. The molecule has 2 rings (SSSR count). The number of nitrogens with zero attached hydrogens (tertiary/aromatic N) is 2. The highest BCUT2D eigenvalue weighted by Crippen LogP contribution is 2.29. The fraction of sp³-hybridized carbons (Fsp3) is 0.438. The second kappa shape index (κ2) is 10.4. The van der Waals surface area contributed by atoms with Crippen molar-refractivity contribution < 1.29 is 13.2 Å². The molecule has 7 nitrogen and oxygen atoms in total. The summed E-state index contributed by atoms with van der Waals surface area (Å²) in [5.74, 6) is 0.963. The number of thioether (sulfide) groups is 2. The molecule has 11 heteroatoms. The third-order valence-corrected chi connectivity index (χ3v) is 8.30. The zero-order valence-corrected chi connectivity index (χ0v) is 18.6. The number of carbonyl (C=O) groups is 1. The molecule has 0 radical (unpaired) electrons. The van der Waals surface area contributed by atoms with Crippen LogP contribution in [0.4, 0.5) is 5.69 Å². The van der Waals surface area contributed by atoms with Crippen LogP contribution in [0.25, 0.3) is 0 Å². The average Bonchev–Trinajstić information content (AvgIpc) is 3.09. The predicted octanol–water partition coefficient (Wildman–Crippen LogP) is 3.38. The maximum atomic E-state index is 12.2. The largest absolute Gasteiger partial charge is 0.325 e. The Morgan fingerprint density at radius 1 is 1.22 bits per heavy atom. The summed E-state index contributed by atoms with van der Waals surface area (Å²) in [6.07, 6.45) is 2.28. The maximum absolute atomic E-state index is 12.2. The predicted molar refractivity (Wildman–Crippen MR) is 112 cm³/mol. The zero-order valence-electron chi connectivity index (χ0n) is 15.3. The molecule has 0 aliphatic heterocycles. The van der Waals surface area contributed by atoms with Crippen LogP contribution in [0, 0.1) is 6.92 Å². The van der Waals surface area contributed by atoms with Gasteiger partial charge in [0.1, 0.15) is 0 Å². The summed E-state index contributed by atoms with van der Waals surface area (Å²) in [5.41, 5.74) is 1.05. The van der Waals surface area contributed by atoms with E-state index in [4.69, 9.17) is 0 Å². The molecular weight excluding hydrogens is 424 g/mol. The van der Waals surface area contributed by atoms with Gasteiger partial charge in [0.05, 0.1) is 10.6 Å². The summed E-state index contributed by atoms with van der Waals surface area (Å²) in [6, 6.07) is 4.80. The minimum Gasteiger partial charge on any atom is -0.325 e. The Balaban J connectivity index is 1.92. The molecule has 27 heavy (non-hydrogen) atoms. The first-order valence-electron chi connectivity index (χ1n) is 8.29. The fourth-order valence-corrected chi connectivity index (χ4v) is 5.99. The second-order valence-electron chi connectivity index (χ2n) is 5.56. The van der Waals surface area contributed by atoms with Crippen LogP contribution in [0.5, 0.6) is 0 Å². The molecule has 0 atom stereocenters. The third-order valence-electron chi connectivity index (χ3n) is 3.47. The number of hydrogen-bond acceptors (Lipinski definition) is 8. The number of anilines is 1. The highest BCUT2D eigenvalue weighted by Gasteiger charge is 2.16. The molecule has 1 aromatic heterocycles. The quantitative estimate of drug-likeness (QED) is 0.426. The first kappa shape index (κ1) is 22.2. The van der Waals surface area contributed by atoms with Gasteiger partial charge >= 0.3 is 0 Å². The first-order valence-corrected chi connectivity index (χ1v) is 12.6. The van der Waals surface area contributed by atoms with Gasteiger partial charge in [-0.05, 0) is 38.1 Å². The van der Waals surface area contributed by atoms with Crippen molar-refractivity contribution in [3.8, 4) is 0 Å². The van der Waals surface area contributed by atoms with Gasteiger partial charge in [0.15, 0.2) is 8.68 Å². The van der Waals surface area contributed by atoms with Gasteiger partial charge in [-0.15, -0.1) is 10.2 Å². The van der Waals surface area contributed by atoms with E-state index in [1.54, 1.807) is 30.8 Å². The fourth-order valence-electron chi connectivity index (χ4n) is 2.02. The zero-order chi connectivity index (χ0) is 19.9. The molecule has 0 saturated carbocycles. The summed E-state index contributed by atoms with van der Waals surface area (Å²) >= 11 is 4.47. The van der Waals surface area contributed by atoms with Crippen LogP contribution in [0.1, 0.15) is 25.3 Å². The van der Waals surface area contributed by atoms with Crippen molar-refractivity contribution in [3.63, 3.8) is 0 Å². The number of nitrogens with one attached hydrogen (secondary N) is 2. The minimum atomic E-state index is -3.57. The van der Waals surface area contributed by atoms with E-state index in [9.17, 15) is 13.2 Å². The Kier molecular flexibility index (Phi) is 8.55. The van der Waals surface area contributed by atoms with Crippen LogP contribution in [0.2, 0.25) is 0 Å².